The Balaban J connectivity index is 0.00000196. The van der Waals surface area contributed by atoms with Crippen LogP contribution in [0.1, 0.15) is 20.7 Å². The summed E-state index contributed by atoms with van der Waals surface area (Å²) in [6.45, 7) is 0. The Hall–Kier alpha value is -1.55. The van der Waals surface area contributed by atoms with E-state index in [0.29, 0.717) is 11.1 Å². The fourth-order valence-electron chi connectivity index (χ4n) is 1.01. The SMILES string of the molecule is COC(=O)c1cccc(C(=O)OC)c1.Cl. The van der Waals surface area contributed by atoms with Gasteiger partial charge in [0.15, 0.2) is 0 Å². The van der Waals surface area contributed by atoms with Gasteiger partial charge in [-0.25, -0.2) is 9.59 Å². The number of esters is 2. The van der Waals surface area contributed by atoms with Gasteiger partial charge in [-0.3, -0.25) is 0 Å². The molecule has 1 aromatic rings. The van der Waals surface area contributed by atoms with E-state index < -0.39 is 11.9 Å². The van der Waals surface area contributed by atoms with E-state index in [0.717, 1.165) is 0 Å². The molecule has 0 unspecified atom stereocenters. The van der Waals surface area contributed by atoms with Gasteiger partial charge in [-0.2, -0.15) is 0 Å². The minimum atomic E-state index is -0.476. The summed E-state index contributed by atoms with van der Waals surface area (Å²) in [5.74, 6) is -0.952. The molecule has 5 heteroatoms. The normalized spacial score (nSPS) is 8.67. The van der Waals surface area contributed by atoms with Crippen molar-refractivity contribution in [2.24, 2.45) is 0 Å². The molecule has 0 saturated carbocycles. The number of carbonyl (C=O) groups is 2. The van der Waals surface area contributed by atoms with Crippen LogP contribution in [0.15, 0.2) is 24.3 Å². The number of ether oxygens (including phenoxy) is 2. The van der Waals surface area contributed by atoms with Gasteiger partial charge in [0.2, 0.25) is 0 Å². The number of methoxy groups -OCH3 is 2. The Bertz CT molecular complexity index is 331. The van der Waals surface area contributed by atoms with Gasteiger partial charge in [-0.05, 0) is 18.2 Å². The first-order valence-electron chi connectivity index (χ1n) is 3.95. The molecule has 82 valence electrons. The summed E-state index contributed by atoms with van der Waals surface area (Å²) in [7, 11) is 2.57. The number of hydrogen-bond donors (Lipinski definition) is 0. The summed E-state index contributed by atoms with van der Waals surface area (Å²) in [6, 6.07) is 6.16. The third-order valence-corrected chi connectivity index (χ3v) is 1.70. The molecule has 15 heavy (non-hydrogen) atoms. The third-order valence-electron chi connectivity index (χ3n) is 1.70. The van der Waals surface area contributed by atoms with E-state index >= 15 is 0 Å². The Morgan fingerprint density at radius 2 is 1.40 bits per heavy atom. The van der Waals surface area contributed by atoms with E-state index in [1.54, 1.807) is 18.2 Å². The lowest BCUT2D eigenvalue weighted by Gasteiger charge is -2.01. The highest BCUT2D eigenvalue weighted by molar-refractivity contribution is 5.95. The zero-order chi connectivity index (χ0) is 10.6. The van der Waals surface area contributed by atoms with E-state index in [9.17, 15) is 9.59 Å². The Kier molecular flexibility index (Phi) is 5.41. The first-order valence-corrected chi connectivity index (χ1v) is 3.95. The van der Waals surface area contributed by atoms with Crippen LogP contribution in [0.4, 0.5) is 0 Å². The van der Waals surface area contributed by atoms with Crippen LogP contribution in [0.25, 0.3) is 0 Å². The topological polar surface area (TPSA) is 52.6 Å². The molecule has 0 amide bonds. The monoisotopic (exact) mass is 230 g/mol. The van der Waals surface area contributed by atoms with Crippen LogP contribution in [-0.2, 0) is 9.47 Å². The zero-order valence-electron chi connectivity index (χ0n) is 8.35. The largest absolute Gasteiger partial charge is 0.465 e. The zero-order valence-corrected chi connectivity index (χ0v) is 9.17. The summed E-state index contributed by atoms with van der Waals surface area (Å²) >= 11 is 0. The lowest BCUT2D eigenvalue weighted by molar-refractivity contribution is 0.0599. The number of halogens is 1. The second-order valence-corrected chi connectivity index (χ2v) is 2.56. The van der Waals surface area contributed by atoms with Gasteiger partial charge in [0, 0.05) is 0 Å². The lowest BCUT2D eigenvalue weighted by atomic mass is 10.1. The molecule has 1 aromatic carbocycles. The van der Waals surface area contributed by atoms with E-state index in [4.69, 9.17) is 0 Å². The highest BCUT2D eigenvalue weighted by atomic mass is 35.5. The molecular formula is C10H11ClO4. The molecular weight excluding hydrogens is 220 g/mol. The second-order valence-electron chi connectivity index (χ2n) is 2.56. The molecule has 1 rings (SSSR count). The van der Waals surface area contributed by atoms with Gasteiger partial charge < -0.3 is 9.47 Å². The summed E-state index contributed by atoms with van der Waals surface area (Å²) < 4.78 is 9.03. The molecule has 0 radical (unpaired) electrons. The first-order chi connectivity index (χ1) is 6.69. The van der Waals surface area contributed by atoms with Crippen LogP contribution in [0, 0.1) is 0 Å². The van der Waals surface area contributed by atoms with Crippen LogP contribution in [0.5, 0.6) is 0 Å². The summed E-state index contributed by atoms with van der Waals surface area (Å²) in [5, 5.41) is 0. The van der Waals surface area contributed by atoms with Crippen LogP contribution in [0.3, 0.4) is 0 Å². The van der Waals surface area contributed by atoms with Crippen molar-refractivity contribution in [1.82, 2.24) is 0 Å². The first kappa shape index (κ1) is 13.4. The average molecular weight is 231 g/mol. The van der Waals surface area contributed by atoms with E-state index in [2.05, 4.69) is 9.47 Å². The molecule has 4 nitrogen and oxygen atoms in total. The Labute approximate surface area is 93.6 Å². The van der Waals surface area contributed by atoms with Crippen molar-refractivity contribution in [2.45, 2.75) is 0 Å². The molecule has 0 N–H and O–H groups in total. The summed E-state index contributed by atoms with van der Waals surface area (Å²) in [6.07, 6.45) is 0. The molecule has 0 saturated heterocycles. The molecule has 0 aromatic heterocycles. The van der Waals surface area contributed by atoms with Crippen molar-refractivity contribution in [2.75, 3.05) is 14.2 Å². The van der Waals surface area contributed by atoms with E-state index in [1.165, 1.54) is 20.3 Å². The van der Waals surface area contributed by atoms with Gasteiger partial charge >= 0.3 is 11.9 Å². The highest BCUT2D eigenvalue weighted by Gasteiger charge is 2.09. The third kappa shape index (κ3) is 3.25. The van der Waals surface area contributed by atoms with Gasteiger partial charge in [0.25, 0.3) is 0 Å². The Morgan fingerprint density at radius 3 is 1.73 bits per heavy atom. The van der Waals surface area contributed by atoms with Gasteiger partial charge in [0.05, 0.1) is 25.3 Å². The summed E-state index contributed by atoms with van der Waals surface area (Å²) in [5.41, 5.74) is 0.658. The van der Waals surface area contributed by atoms with Crippen molar-refractivity contribution in [3.8, 4) is 0 Å². The predicted octanol–water partition coefficient (Wildman–Crippen LogP) is 1.68. The maximum absolute atomic E-state index is 11.1. The average Bonchev–Trinajstić information content (AvgIpc) is 2.27. The summed E-state index contributed by atoms with van der Waals surface area (Å²) in [4.78, 5) is 22.2. The smallest absolute Gasteiger partial charge is 0.337 e. The fraction of sp³-hybridized carbons (Fsp3) is 0.200. The van der Waals surface area contributed by atoms with Crippen LogP contribution in [-0.4, -0.2) is 26.2 Å². The van der Waals surface area contributed by atoms with Gasteiger partial charge in [-0.15, -0.1) is 12.4 Å². The minimum absolute atomic E-state index is 0. The molecule has 0 aliphatic rings. The Morgan fingerprint density at radius 1 is 1.00 bits per heavy atom. The highest BCUT2D eigenvalue weighted by Crippen LogP contribution is 2.07. The molecule has 0 bridgehead atoms. The van der Waals surface area contributed by atoms with Gasteiger partial charge in [0.1, 0.15) is 0 Å². The van der Waals surface area contributed by atoms with E-state index in [1.807, 2.05) is 0 Å². The van der Waals surface area contributed by atoms with Crippen molar-refractivity contribution < 1.29 is 19.1 Å². The lowest BCUT2D eigenvalue weighted by Crippen LogP contribution is -2.05. The van der Waals surface area contributed by atoms with Crippen molar-refractivity contribution in [3.05, 3.63) is 35.4 Å². The standard InChI is InChI=1S/C10H10O4.ClH/c1-13-9(11)7-4-3-5-8(6-7)10(12)14-2;/h3-6H,1-2H3;1H. The van der Waals surface area contributed by atoms with Crippen molar-refractivity contribution in [3.63, 3.8) is 0 Å². The number of hydrogen-bond acceptors (Lipinski definition) is 4. The maximum atomic E-state index is 11.1. The van der Waals surface area contributed by atoms with Crippen molar-refractivity contribution >= 4 is 24.3 Å². The number of benzene rings is 1. The van der Waals surface area contributed by atoms with Gasteiger partial charge in [-0.1, -0.05) is 6.07 Å². The minimum Gasteiger partial charge on any atom is -0.465 e. The van der Waals surface area contributed by atoms with Crippen molar-refractivity contribution in [1.29, 1.82) is 0 Å². The molecule has 0 fully saturated rings. The number of rotatable bonds is 2. The molecule has 0 atom stereocenters. The maximum Gasteiger partial charge on any atom is 0.337 e. The molecule has 0 aliphatic carbocycles. The molecule has 0 spiro atoms. The second kappa shape index (κ2) is 6.03. The van der Waals surface area contributed by atoms with E-state index in [-0.39, 0.29) is 12.4 Å². The predicted molar refractivity (Wildman–Crippen MR) is 56.4 cm³/mol. The molecule has 0 heterocycles. The quantitative estimate of drug-likeness (QED) is 0.726. The van der Waals surface area contributed by atoms with Crippen LogP contribution in [0.2, 0.25) is 0 Å². The van der Waals surface area contributed by atoms with Crippen LogP contribution < -0.4 is 0 Å². The van der Waals surface area contributed by atoms with Crippen LogP contribution >= 0.6 is 12.4 Å². The number of carbonyl (C=O) groups excluding carboxylic acids is 2. The molecule has 0 aliphatic heterocycles. The fourth-order valence-corrected chi connectivity index (χ4v) is 1.01.